The summed E-state index contributed by atoms with van der Waals surface area (Å²) in [7, 11) is 1.81. The normalized spacial score (nSPS) is 10.2. The third-order valence-electron chi connectivity index (χ3n) is 2.22. The van der Waals surface area contributed by atoms with E-state index in [0.717, 1.165) is 22.0 Å². The quantitative estimate of drug-likeness (QED) is 0.866. The average Bonchev–Trinajstić information content (AvgIpc) is 2.29. The summed E-state index contributed by atoms with van der Waals surface area (Å²) in [5, 5.41) is 3.67. The molecule has 0 fully saturated rings. The molecule has 3 nitrogen and oxygen atoms in total. The summed E-state index contributed by atoms with van der Waals surface area (Å²) in [6.45, 7) is 1.95. The fourth-order valence-corrected chi connectivity index (χ4v) is 1.57. The van der Waals surface area contributed by atoms with E-state index < -0.39 is 0 Å². The monoisotopic (exact) mass is 233 g/mol. The van der Waals surface area contributed by atoms with E-state index in [9.17, 15) is 0 Å². The van der Waals surface area contributed by atoms with Crippen LogP contribution in [0.5, 0.6) is 0 Å². The zero-order valence-corrected chi connectivity index (χ0v) is 9.92. The molecule has 2 aromatic rings. The van der Waals surface area contributed by atoms with Gasteiger partial charge in [0.25, 0.3) is 0 Å². The second kappa shape index (κ2) is 4.49. The van der Waals surface area contributed by atoms with Crippen LogP contribution in [0.3, 0.4) is 0 Å². The standard InChI is InChI=1S/C12H12ClN3/c1-8-7-11(16-12(14-2)15-8)9-3-5-10(13)6-4-9/h3-7H,1-2H3,(H,14,15,16). The largest absolute Gasteiger partial charge is 0.357 e. The van der Waals surface area contributed by atoms with Crippen molar-refractivity contribution < 1.29 is 0 Å². The van der Waals surface area contributed by atoms with Crippen molar-refractivity contribution in [2.24, 2.45) is 0 Å². The predicted molar refractivity (Wildman–Crippen MR) is 66.8 cm³/mol. The molecule has 0 atom stereocenters. The highest BCUT2D eigenvalue weighted by Crippen LogP contribution is 2.21. The molecule has 1 N–H and O–H groups in total. The van der Waals surface area contributed by atoms with E-state index in [2.05, 4.69) is 15.3 Å². The van der Waals surface area contributed by atoms with E-state index in [1.54, 1.807) is 7.05 Å². The Morgan fingerprint density at radius 3 is 2.44 bits per heavy atom. The van der Waals surface area contributed by atoms with Crippen molar-refractivity contribution in [3.8, 4) is 11.3 Å². The number of aryl methyl sites for hydroxylation is 1. The highest BCUT2D eigenvalue weighted by atomic mass is 35.5. The summed E-state index contributed by atoms with van der Waals surface area (Å²) in [5.74, 6) is 0.630. The van der Waals surface area contributed by atoms with Crippen molar-refractivity contribution in [3.63, 3.8) is 0 Å². The highest BCUT2D eigenvalue weighted by Gasteiger charge is 2.03. The van der Waals surface area contributed by atoms with E-state index in [1.807, 2.05) is 37.3 Å². The Balaban J connectivity index is 2.47. The molecule has 1 aromatic heterocycles. The van der Waals surface area contributed by atoms with Gasteiger partial charge < -0.3 is 5.32 Å². The number of nitrogens with zero attached hydrogens (tertiary/aromatic N) is 2. The van der Waals surface area contributed by atoms with Gasteiger partial charge in [-0.05, 0) is 25.1 Å². The first-order chi connectivity index (χ1) is 7.69. The Morgan fingerprint density at radius 2 is 1.81 bits per heavy atom. The van der Waals surface area contributed by atoms with Crippen LogP contribution in [0, 0.1) is 6.92 Å². The van der Waals surface area contributed by atoms with Gasteiger partial charge in [0.05, 0.1) is 5.69 Å². The smallest absolute Gasteiger partial charge is 0.223 e. The second-order valence-corrected chi connectivity index (χ2v) is 3.91. The van der Waals surface area contributed by atoms with Crippen molar-refractivity contribution in [1.29, 1.82) is 0 Å². The first-order valence-electron chi connectivity index (χ1n) is 4.98. The molecule has 0 bridgehead atoms. The van der Waals surface area contributed by atoms with Gasteiger partial charge in [0.1, 0.15) is 0 Å². The number of aromatic nitrogens is 2. The highest BCUT2D eigenvalue weighted by molar-refractivity contribution is 6.30. The fraction of sp³-hybridized carbons (Fsp3) is 0.167. The number of hydrogen-bond acceptors (Lipinski definition) is 3. The summed E-state index contributed by atoms with van der Waals surface area (Å²) in [5.41, 5.74) is 2.87. The first-order valence-corrected chi connectivity index (χ1v) is 5.36. The molecule has 4 heteroatoms. The molecule has 0 aliphatic carbocycles. The maximum Gasteiger partial charge on any atom is 0.223 e. The van der Waals surface area contributed by atoms with Crippen LogP contribution in [0.25, 0.3) is 11.3 Å². The van der Waals surface area contributed by atoms with Crippen LogP contribution >= 0.6 is 11.6 Å². The van der Waals surface area contributed by atoms with E-state index >= 15 is 0 Å². The lowest BCUT2D eigenvalue weighted by Gasteiger charge is -2.05. The minimum atomic E-state index is 0.630. The van der Waals surface area contributed by atoms with Gasteiger partial charge >= 0.3 is 0 Å². The summed E-state index contributed by atoms with van der Waals surface area (Å²) >= 11 is 5.84. The lowest BCUT2D eigenvalue weighted by Crippen LogP contribution is -1.99. The second-order valence-electron chi connectivity index (χ2n) is 3.48. The number of hydrogen-bond donors (Lipinski definition) is 1. The minimum absolute atomic E-state index is 0.630. The van der Waals surface area contributed by atoms with Crippen LogP contribution in [-0.2, 0) is 0 Å². The van der Waals surface area contributed by atoms with Crippen LogP contribution in [0.15, 0.2) is 30.3 Å². The van der Waals surface area contributed by atoms with Crippen molar-refractivity contribution in [2.75, 3.05) is 12.4 Å². The lowest BCUT2D eigenvalue weighted by molar-refractivity contribution is 1.10. The van der Waals surface area contributed by atoms with Crippen molar-refractivity contribution in [2.45, 2.75) is 6.92 Å². The topological polar surface area (TPSA) is 37.8 Å². The van der Waals surface area contributed by atoms with Crippen LogP contribution in [0.4, 0.5) is 5.95 Å². The van der Waals surface area contributed by atoms with Gasteiger partial charge in [0.15, 0.2) is 0 Å². The summed E-state index contributed by atoms with van der Waals surface area (Å²) < 4.78 is 0. The molecule has 1 aromatic carbocycles. The number of benzene rings is 1. The summed E-state index contributed by atoms with van der Waals surface area (Å²) in [6.07, 6.45) is 0. The van der Waals surface area contributed by atoms with E-state index in [0.29, 0.717) is 5.95 Å². The Kier molecular flexibility index (Phi) is 3.06. The number of anilines is 1. The molecular weight excluding hydrogens is 222 g/mol. The number of halogens is 1. The fourth-order valence-electron chi connectivity index (χ4n) is 1.45. The molecule has 0 amide bonds. The number of nitrogens with one attached hydrogen (secondary N) is 1. The molecule has 0 spiro atoms. The molecule has 0 radical (unpaired) electrons. The van der Waals surface area contributed by atoms with Crippen LogP contribution in [-0.4, -0.2) is 17.0 Å². The van der Waals surface area contributed by atoms with E-state index in [-0.39, 0.29) is 0 Å². The molecule has 16 heavy (non-hydrogen) atoms. The molecule has 1 heterocycles. The molecule has 0 saturated carbocycles. The van der Waals surface area contributed by atoms with E-state index in [1.165, 1.54) is 0 Å². The average molecular weight is 234 g/mol. The molecular formula is C12H12ClN3. The first kappa shape index (κ1) is 10.9. The minimum Gasteiger partial charge on any atom is -0.357 e. The predicted octanol–water partition coefficient (Wildman–Crippen LogP) is 3.15. The zero-order valence-electron chi connectivity index (χ0n) is 9.16. The van der Waals surface area contributed by atoms with Crippen LogP contribution in [0.1, 0.15) is 5.69 Å². The van der Waals surface area contributed by atoms with Crippen molar-refractivity contribution in [3.05, 3.63) is 41.0 Å². The van der Waals surface area contributed by atoms with Gasteiger partial charge in [0.2, 0.25) is 5.95 Å². The van der Waals surface area contributed by atoms with Crippen LogP contribution in [0.2, 0.25) is 5.02 Å². The van der Waals surface area contributed by atoms with Gasteiger partial charge in [0, 0.05) is 23.3 Å². The summed E-state index contributed by atoms with van der Waals surface area (Å²) in [6, 6.07) is 9.55. The third-order valence-corrected chi connectivity index (χ3v) is 2.47. The molecule has 0 unspecified atom stereocenters. The Bertz CT molecular complexity index is 494. The third kappa shape index (κ3) is 2.31. The summed E-state index contributed by atoms with van der Waals surface area (Å²) in [4.78, 5) is 8.63. The van der Waals surface area contributed by atoms with Gasteiger partial charge in [-0.2, -0.15) is 0 Å². The Labute approximate surface area is 99.5 Å². The molecule has 0 aliphatic rings. The van der Waals surface area contributed by atoms with Gasteiger partial charge in [-0.15, -0.1) is 0 Å². The molecule has 2 rings (SSSR count). The molecule has 82 valence electrons. The van der Waals surface area contributed by atoms with Gasteiger partial charge in [-0.25, -0.2) is 9.97 Å². The lowest BCUT2D eigenvalue weighted by atomic mass is 10.1. The Hall–Kier alpha value is -1.61. The van der Waals surface area contributed by atoms with Gasteiger partial charge in [-0.3, -0.25) is 0 Å². The Morgan fingerprint density at radius 1 is 1.12 bits per heavy atom. The number of rotatable bonds is 2. The molecule has 0 aliphatic heterocycles. The van der Waals surface area contributed by atoms with E-state index in [4.69, 9.17) is 11.6 Å². The zero-order chi connectivity index (χ0) is 11.5. The van der Waals surface area contributed by atoms with Crippen LogP contribution < -0.4 is 5.32 Å². The van der Waals surface area contributed by atoms with Gasteiger partial charge in [-0.1, -0.05) is 23.7 Å². The van der Waals surface area contributed by atoms with Crippen molar-refractivity contribution >= 4 is 17.5 Å². The SMILES string of the molecule is CNc1nc(C)cc(-c2ccc(Cl)cc2)n1. The van der Waals surface area contributed by atoms with Crippen molar-refractivity contribution in [1.82, 2.24) is 9.97 Å². The maximum atomic E-state index is 5.84. The molecule has 0 saturated heterocycles. The maximum absolute atomic E-state index is 5.84.